The van der Waals surface area contributed by atoms with E-state index >= 15 is 0 Å². The summed E-state index contributed by atoms with van der Waals surface area (Å²) in [4.78, 5) is 14.7. The summed E-state index contributed by atoms with van der Waals surface area (Å²) in [6, 6.07) is 14.2. The van der Waals surface area contributed by atoms with Crippen molar-refractivity contribution < 1.29 is 17.9 Å². The minimum Gasteiger partial charge on any atom is -0.494 e. The highest BCUT2D eigenvalue weighted by atomic mass is 32.2. The van der Waals surface area contributed by atoms with Crippen LogP contribution in [0.5, 0.6) is 5.75 Å². The van der Waals surface area contributed by atoms with Crippen LogP contribution in [0.2, 0.25) is 0 Å². The monoisotopic (exact) mass is 447 g/mol. The van der Waals surface area contributed by atoms with E-state index in [1.165, 1.54) is 17.7 Å². The predicted molar refractivity (Wildman–Crippen MR) is 122 cm³/mol. The summed E-state index contributed by atoms with van der Waals surface area (Å²) in [5.41, 5.74) is 2.25. The largest absolute Gasteiger partial charge is 0.494 e. The molecule has 2 aromatic rings. The van der Waals surface area contributed by atoms with Gasteiger partial charge in [0.2, 0.25) is 15.9 Å². The first-order valence-electron chi connectivity index (χ1n) is 10.7. The average Bonchev–Trinajstić information content (AvgIpc) is 2.77. The van der Waals surface area contributed by atoms with Gasteiger partial charge in [-0.05, 0) is 55.4 Å². The second-order valence-electron chi connectivity index (χ2n) is 7.06. The maximum Gasteiger partial charge on any atom is 0.240 e. The molecule has 7 nitrogen and oxygen atoms in total. The highest BCUT2D eigenvalue weighted by molar-refractivity contribution is 7.89. The zero-order chi connectivity index (χ0) is 22.7. The molecule has 2 N–H and O–H groups in total. The van der Waals surface area contributed by atoms with Crippen molar-refractivity contribution in [3.63, 3.8) is 0 Å². The molecule has 0 spiro atoms. The number of nitrogens with one attached hydrogen (secondary N) is 2. The molecule has 2 rings (SSSR count). The van der Waals surface area contributed by atoms with Gasteiger partial charge in [0, 0.05) is 26.1 Å². The minimum atomic E-state index is -3.67. The fourth-order valence-electron chi connectivity index (χ4n) is 3.12. The minimum absolute atomic E-state index is 0.0302. The number of hydrogen-bond acceptors (Lipinski definition) is 5. The third-order valence-corrected chi connectivity index (χ3v) is 6.45. The van der Waals surface area contributed by atoms with Crippen molar-refractivity contribution in [2.45, 2.75) is 45.2 Å². The summed E-state index contributed by atoms with van der Waals surface area (Å²) in [7, 11) is -3.67. The van der Waals surface area contributed by atoms with Crippen LogP contribution in [0, 0.1) is 0 Å². The van der Waals surface area contributed by atoms with Crippen molar-refractivity contribution >= 4 is 15.9 Å². The molecule has 0 saturated heterocycles. The molecular formula is C23H33N3O4S. The van der Waals surface area contributed by atoms with E-state index in [4.69, 9.17) is 4.74 Å². The molecule has 0 aliphatic rings. The van der Waals surface area contributed by atoms with Gasteiger partial charge in [0.25, 0.3) is 0 Å². The molecule has 0 aliphatic carbocycles. The molecule has 1 amide bonds. The van der Waals surface area contributed by atoms with Crippen LogP contribution in [-0.2, 0) is 27.9 Å². The molecule has 31 heavy (non-hydrogen) atoms. The van der Waals surface area contributed by atoms with Crippen LogP contribution < -0.4 is 14.8 Å². The quantitative estimate of drug-likeness (QED) is 0.493. The number of nitrogens with zero attached hydrogens (tertiary/aromatic N) is 1. The summed E-state index contributed by atoms with van der Waals surface area (Å²) < 4.78 is 32.5. The van der Waals surface area contributed by atoms with E-state index in [1.54, 1.807) is 12.1 Å². The van der Waals surface area contributed by atoms with Gasteiger partial charge in [-0.2, -0.15) is 0 Å². The van der Waals surface area contributed by atoms with Crippen LogP contribution in [0.1, 0.15) is 38.3 Å². The van der Waals surface area contributed by atoms with Crippen LogP contribution in [0.25, 0.3) is 0 Å². The topological polar surface area (TPSA) is 87.7 Å². The summed E-state index contributed by atoms with van der Waals surface area (Å²) in [6.45, 7) is 9.84. The first-order chi connectivity index (χ1) is 14.9. The molecule has 0 fully saturated rings. The smallest absolute Gasteiger partial charge is 0.240 e. The Morgan fingerprint density at radius 1 is 0.968 bits per heavy atom. The first-order valence-corrected chi connectivity index (χ1v) is 12.2. The van der Waals surface area contributed by atoms with Crippen molar-refractivity contribution in [2.75, 3.05) is 26.2 Å². The van der Waals surface area contributed by atoms with Crippen molar-refractivity contribution in [2.24, 2.45) is 0 Å². The van der Waals surface area contributed by atoms with E-state index in [2.05, 4.69) is 34.9 Å². The normalized spacial score (nSPS) is 11.5. The van der Waals surface area contributed by atoms with Gasteiger partial charge in [-0.1, -0.05) is 38.1 Å². The summed E-state index contributed by atoms with van der Waals surface area (Å²) >= 11 is 0. The second kappa shape index (κ2) is 12.4. The fraction of sp³-hybridized carbons (Fsp3) is 0.435. The van der Waals surface area contributed by atoms with E-state index in [-0.39, 0.29) is 23.8 Å². The van der Waals surface area contributed by atoms with Gasteiger partial charge in [-0.3, -0.25) is 9.69 Å². The van der Waals surface area contributed by atoms with Gasteiger partial charge < -0.3 is 10.1 Å². The molecule has 0 radical (unpaired) electrons. The van der Waals surface area contributed by atoms with Crippen LogP contribution >= 0.6 is 0 Å². The van der Waals surface area contributed by atoms with E-state index < -0.39 is 10.0 Å². The maximum absolute atomic E-state index is 12.4. The van der Waals surface area contributed by atoms with Crippen LogP contribution in [0.4, 0.5) is 0 Å². The van der Waals surface area contributed by atoms with Gasteiger partial charge in [0.1, 0.15) is 5.75 Å². The lowest BCUT2D eigenvalue weighted by Crippen LogP contribution is -2.31. The van der Waals surface area contributed by atoms with Crippen LogP contribution in [0.15, 0.2) is 53.4 Å². The lowest BCUT2D eigenvalue weighted by atomic mass is 10.1. The highest BCUT2D eigenvalue weighted by Gasteiger charge is 2.14. The third-order valence-electron chi connectivity index (χ3n) is 4.97. The van der Waals surface area contributed by atoms with Crippen LogP contribution in [-0.4, -0.2) is 45.5 Å². The Hall–Kier alpha value is -2.42. The van der Waals surface area contributed by atoms with Crippen LogP contribution in [0.3, 0.4) is 0 Å². The number of sulfonamides is 1. The average molecular weight is 448 g/mol. The molecule has 0 bridgehead atoms. The van der Waals surface area contributed by atoms with Crippen molar-refractivity contribution in [3.8, 4) is 5.75 Å². The molecule has 8 heteroatoms. The lowest BCUT2D eigenvalue weighted by molar-refractivity contribution is -0.121. The Balaban J connectivity index is 1.83. The SMILES string of the molecule is CCOc1ccc(S(=O)(=O)NCCC(=O)NCc2ccccc2CN(CC)CC)cc1. The standard InChI is InChI=1S/C23H33N3O4S/c1-4-26(5-2)18-20-10-8-7-9-19(20)17-24-23(27)15-16-25-31(28,29)22-13-11-21(12-14-22)30-6-3/h7-14,25H,4-6,15-18H2,1-3H3,(H,24,27). The molecule has 0 heterocycles. The molecular weight excluding hydrogens is 414 g/mol. The molecule has 0 aliphatic heterocycles. The van der Waals surface area contributed by atoms with E-state index in [0.29, 0.717) is 18.9 Å². The number of amides is 1. The zero-order valence-corrected chi connectivity index (χ0v) is 19.4. The number of carbonyl (C=O) groups excluding carboxylic acids is 1. The van der Waals surface area contributed by atoms with Gasteiger partial charge in [-0.15, -0.1) is 0 Å². The molecule has 2 aromatic carbocycles. The fourth-order valence-corrected chi connectivity index (χ4v) is 4.15. The summed E-state index contributed by atoms with van der Waals surface area (Å²) in [6.07, 6.45) is 0.0640. The molecule has 170 valence electrons. The van der Waals surface area contributed by atoms with Crippen molar-refractivity contribution in [3.05, 3.63) is 59.7 Å². The predicted octanol–water partition coefficient (Wildman–Crippen LogP) is 2.91. The molecule has 0 atom stereocenters. The molecule has 0 aromatic heterocycles. The van der Waals surface area contributed by atoms with Crippen molar-refractivity contribution in [1.82, 2.24) is 14.9 Å². The summed E-state index contributed by atoms with van der Waals surface area (Å²) in [5.74, 6) is 0.411. The Morgan fingerprint density at radius 3 is 2.23 bits per heavy atom. The third kappa shape index (κ3) is 7.97. The number of hydrogen-bond donors (Lipinski definition) is 2. The lowest BCUT2D eigenvalue weighted by Gasteiger charge is -2.20. The van der Waals surface area contributed by atoms with Gasteiger partial charge in [0.15, 0.2) is 0 Å². The number of carbonyl (C=O) groups is 1. The number of benzene rings is 2. The molecule has 0 saturated carbocycles. The van der Waals surface area contributed by atoms with Gasteiger partial charge in [0.05, 0.1) is 11.5 Å². The maximum atomic E-state index is 12.4. The number of rotatable bonds is 13. The Morgan fingerprint density at radius 2 is 1.61 bits per heavy atom. The Bertz CT molecular complexity index is 926. The van der Waals surface area contributed by atoms with Crippen molar-refractivity contribution in [1.29, 1.82) is 0 Å². The van der Waals surface area contributed by atoms with Gasteiger partial charge >= 0.3 is 0 Å². The second-order valence-corrected chi connectivity index (χ2v) is 8.83. The first kappa shape index (κ1) is 24.8. The van der Waals surface area contributed by atoms with E-state index in [1.807, 2.05) is 25.1 Å². The zero-order valence-electron chi connectivity index (χ0n) is 18.6. The number of ether oxygens (including phenoxy) is 1. The Labute approximate surface area is 185 Å². The van der Waals surface area contributed by atoms with E-state index in [9.17, 15) is 13.2 Å². The Kier molecular flexibility index (Phi) is 9.97. The highest BCUT2D eigenvalue weighted by Crippen LogP contribution is 2.16. The summed E-state index contributed by atoms with van der Waals surface area (Å²) in [5, 5.41) is 2.89. The van der Waals surface area contributed by atoms with E-state index in [0.717, 1.165) is 25.2 Å². The molecule has 0 unspecified atom stereocenters. The van der Waals surface area contributed by atoms with Gasteiger partial charge in [-0.25, -0.2) is 13.1 Å².